The fraction of sp³-hybridized carbons (Fsp3) is 0.462. The van der Waals surface area contributed by atoms with Crippen LogP contribution < -0.4 is 10.6 Å². The lowest BCUT2D eigenvalue weighted by Crippen LogP contribution is -2.46. The monoisotopic (exact) mass is 236 g/mol. The van der Waals surface area contributed by atoms with Crippen LogP contribution in [0.4, 0.5) is 4.39 Å². The molecule has 1 aromatic rings. The van der Waals surface area contributed by atoms with Crippen molar-refractivity contribution in [3.8, 4) is 0 Å². The average molecular weight is 236 g/mol. The van der Waals surface area contributed by atoms with Gasteiger partial charge in [-0.15, -0.1) is 0 Å². The molecule has 1 saturated heterocycles. The van der Waals surface area contributed by atoms with Crippen LogP contribution >= 0.6 is 0 Å². The second kappa shape index (κ2) is 5.27. The molecule has 2 unspecified atom stereocenters. The molecule has 0 spiro atoms. The van der Waals surface area contributed by atoms with Crippen LogP contribution in [0.2, 0.25) is 0 Å². The van der Waals surface area contributed by atoms with E-state index in [1.54, 1.807) is 12.1 Å². The van der Waals surface area contributed by atoms with Gasteiger partial charge < -0.3 is 10.6 Å². The molecule has 1 aromatic carbocycles. The molecule has 0 saturated carbocycles. The van der Waals surface area contributed by atoms with Crippen molar-refractivity contribution < 1.29 is 9.18 Å². The lowest BCUT2D eigenvalue weighted by atomic mass is 10.0. The third-order valence-electron chi connectivity index (χ3n) is 3.05. The van der Waals surface area contributed by atoms with E-state index in [0.29, 0.717) is 11.6 Å². The van der Waals surface area contributed by atoms with Gasteiger partial charge in [0.15, 0.2) is 0 Å². The third-order valence-corrected chi connectivity index (χ3v) is 3.05. The Bertz CT molecular complexity index is 408. The molecule has 92 valence electrons. The summed E-state index contributed by atoms with van der Waals surface area (Å²) in [6.45, 7) is 3.01. The lowest BCUT2D eigenvalue weighted by Gasteiger charge is -2.28. The van der Waals surface area contributed by atoms with E-state index in [9.17, 15) is 9.18 Å². The zero-order valence-corrected chi connectivity index (χ0v) is 9.87. The highest BCUT2D eigenvalue weighted by molar-refractivity contribution is 5.94. The van der Waals surface area contributed by atoms with Crippen molar-refractivity contribution in [2.24, 2.45) is 0 Å². The van der Waals surface area contributed by atoms with Crippen LogP contribution in [0.15, 0.2) is 24.3 Å². The first-order valence-electron chi connectivity index (χ1n) is 5.95. The highest BCUT2D eigenvalue weighted by Gasteiger charge is 2.20. The summed E-state index contributed by atoms with van der Waals surface area (Å²) in [5, 5.41) is 6.27. The van der Waals surface area contributed by atoms with Crippen molar-refractivity contribution in [1.82, 2.24) is 10.6 Å². The van der Waals surface area contributed by atoms with Gasteiger partial charge in [0.1, 0.15) is 5.82 Å². The normalized spacial score (nSPS) is 24.4. The van der Waals surface area contributed by atoms with Crippen LogP contribution in [0, 0.1) is 5.82 Å². The quantitative estimate of drug-likeness (QED) is 0.820. The van der Waals surface area contributed by atoms with Gasteiger partial charge in [-0.2, -0.15) is 0 Å². The predicted octanol–water partition coefficient (Wildman–Crippen LogP) is 1.70. The molecule has 1 aliphatic heterocycles. The van der Waals surface area contributed by atoms with Gasteiger partial charge in [0, 0.05) is 17.6 Å². The molecule has 0 aromatic heterocycles. The Morgan fingerprint density at radius 2 is 2.35 bits per heavy atom. The summed E-state index contributed by atoms with van der Waals surface area (Å²) in [6, 6.07) is 6.38. The van der Waals surface area contributed by atoms with Crippen molar-refractivity contribution in [3.05, 3.63) is 35.6 Å². The molecule has 0 bridgehead atoms. The molecule has 0 radical (unpaired) electrons. The van der Waals surface area contributed by atoms with E-state index in [4.69, 9.17) is 0 Å². The first kappa shape index (κ1) is 12.0. The highest BCUT2D eigenvalue weighted by atomic mass is 19.1. The molecule has 0 aliphatic carbocycles. The molecule has 2 rings (SSSR count). The van der Waals surface area contributed by atoms with Crippen LogP contribution in [-0.2, 0) is 0 Å². The molecule has 1 heterocycles. The van der Waals surface area contributed by atoms with Crippen molar-refractivity contribution in [1.29, 1.82) is 0 Å². The van der Waals surface area contributed by atoms with Gasteiger partial charge in [-0.1, -0.05) is 6.07 Å². The number of halogens is 1. The van der Waals surface area contributed by atoms with Crippen LogP contribution in [0.3, 0.4) is 0 Å². The minimum atomic E-state index is -0.378. The number of hydrogen-bond donors (Lipinski definition) is 2. The Balaban J connectivity index is 1.97. The van der Waals surface area contributed by atoms with Crippen molar-refractivity contribution >= 4 is 5.91 Å². The fourth-order valence-corrected chi connectivity index (χ4v) is 2.16. The second-order valence-corrected chi connectivity index (χ2v) is 4.56. The van der Waals surface area contributed by atoms with Crippen molar-refractivity contribution in [2.75, 3.05) is 6.54 Å². The molecule has 1 aliphatic rings. The number of benzene rings is 1. The Morgan fingerprint density at radius 1 is 1.53 bits per heavy atom. The maximum Gasteiger partial charge on any atom is 0.251 e. The van der Waals surface area contributed by atoms with Crippen LogP contribution in [0.25, 0.3) is 0 Å². The van der Waals surface area contributed by atoms with Gasteiger partial charge in [0.25, 0.3) is 5.91 Å². The molecular formula is C13H17FN2O. The topological polar surface area (TPSA) is 41.1 Å². The number of carbonyl (C=O) groups is 1. The van der Waals surface area contributed by atoms with E-state index < -0.39 is 0 Å². The summed E-state index contributed by atoms with van der Waals surface area (Å²) in [4.78, 5) is 11.9. The summed E-state index contributed by atoms with van der Waals surface area (Å²) in [7, 11) is 0. The Hall–Kier alpha value is -1.42. The van der Waals surface area contributed by atoms with E-state index >= 15 is 0 Å². The van der Waals surface area contributed by atoms with Crippen molar-refractivity contribution in [2.45, 2.75) is 31.8 Å². The molecule has 3 nitrogen and oxygen atoms in total. The van der Waals surface area contributed by atoms with Crippen LogP contribution in [-0.4, -0.2) is 24.5 Å². The lowest BCUT2D eigenvalue weighted by molar-refractivity contribution is 0.0925. The van der Waals surface area contributed by atoms with Crippen LogP contribution in [0.5, 0.6) is 0 Å². The minimum absolute atomic E-state index is 0.182. The second-order valence-electron chi connectivity index (χ2n) is 4.56. The Kier molecular flexibility index (Phi) is 3.74. The molecule has 2 N–H and O–H groups in total. The maximum atomic E-state index is 13.0. The Morgan fingerprint density at radius 3 is 3.06 bits per heavy atom. The van der Waals surface area contributed by atoms with Gasteiger partial charge >= 0.3 is 0 Å². The Labute approximate surface area is 100 Å². The van der Waals surface area contributed by atoms with Gasteiger partial charge in [-0.05, 0) is 44.5 Å². The average Bonchev–Trinajstić information content (AvgIpc) is 2.29. The summed E-state index contributed by atoms with van der Waals surface area (Å²) in [5.41, 5.74) is 0.385. The predicted molar refractivity (Wildman–Crippen MR) is 64.4 cm³/mol. The summed E-state index contributed by atoms with van der Waals surface area (Å²) >= 11 is 0. The first-order valence-corrected chi connectivity index (χ1v) is 5.95. The SMILES string of the molecule is CC1CC(NC(=O)c2cccc(F)c2)CCN1. The van der Waals surface area contributed by atoms with E-state index in [1.165, 1.54) is 12.1 Å². The van der Waals surface area contributed by atoms with Gasteiger partial charge in [-0.3, -0.25) is 4.79 Å². The third kappa shape index (κ3) is 3.27. The number of nitrogens with one attached hydrogen (secondary N) is 2. The fourth-order valence-electron chi connectivity index (χ4n) is 2.16. The molecule has 2 atom stereocenters. The van der Waals surface area contributed by atoms with Gasteiger partial charge in [-0.25, -0.2) is 4.39 Å². The smallest absolute Gasteiger partial charge is 0.251 e. The summed E-state index contributed by atoms with van der Waals surface area (Å²) < 4.78 is 13.0. The zero-order valence-electron chi connectivity index (χ0n) is 9.87. The standard InChI is InChI=1S/C13H17FN2O/c1-9-7-12(5-6-15-9)16-13(17)10-3-2-4-11(14)8-10/h2-4,8-9,12,15H,5-7H2,1H3,(H,16,17). The minimum Gasteiger partial charge on any atom is -0.349 e. The molecule has 1 fully saturated rings. The first-order chi connectivity index (χ1) is 8.15. The van der Waals surface area contributed by atoms with E-state index in [0.717, 1.165) is 19.4 Å². The number of hydrogen-bond acceptors (Lipinski definition) is 2. The van der Waals surface area contributed by atoms with Gasteiger partial charge in [0.05, 0.1) is 0 Å². The van der Waals surface area contributed by atoms with E-state index in [1.807, 2.05) is 0 Å². The van der Waals surface area contributed by atoms with E-state index in [2.05, 4.69) is 17.6 Å². The molecule has 4 heteroatoms. The highest BCUT2D eigenvalue weighted by Crippen LogP contribution is 2.10. The number of amides is 1. The van der Waals surface area contributed by atoms with Gasteiger partial charge in [0.2, 0.25) is 0 Å². The number of carbonyl (C=O) groups excluding carboxylic acids is 1. The number of rotatable bonds is 2. The van der Waals surface area contributed by atoms with Crippen LogP contribution in [0.1, 0.15) is 30.1 Å². The molecular weight excluding hydrogens is 219 g/mol. The maximum absolute atomic E-state index is 13.0. The zero-order chi connectivity index (χ0) is 12.3. The summed E-state index contributed by atoms with van der Waals surface area (Å²) in [5.74, 6) is -0.570. The largest absolute Gasteiger partial charge is 0.349 e. The molecule has 1 amide bonds. The summed E-state index contributed by atoms with van der Waals surface area (Å²) in [6.07, 6.45) is 1.84. The van der Waals surface area contributed by atoms with Crippen molar-refractivity contribution in [3.63, 3.8) is 0 Å². The molecule has 17 heavy (non-hydrogen) atoms. The number of piperidine rings is 1. The van der Waals surface area contributed by atoms with E-state index in [-0.39, 0.29) is 17.8 Å².